The van der Waals surface area contributed by atoms with Crippen molar-refractivity contribution in [3.8, 4) is 5.75 Å². The first kappa shape index (κ1) is 28.3. The summed E-state index contributed by atoms with van der Waals surface area (Å²) in [6, 6.07) is 46.3. The molecule has 5 aromatic rings. The molecule has 4 nitrogen and oxygen atoms in total. The molecular weight excluding hydrogens is 551 g/mol. The van der Waals surface area contributed by atoms with Crippen molar-refractivity contribution in [2.24, 2.45) is 0 Å². The molecule has 5 aromatic carbocycles. The number of ether oxygens (including phenoxy) is 2. The van der Waals surface area contributed by atoms with Crippen LogP contribution in [0.2, 0.25) is 0 Å². The zero-order valence-corrected chi connectivity index (χ0v) is 25.0. The molecule has 0 atom stereocenters. The number of fused-ring (bicyclic) bond motifs is 1. The molecule has 0 heterocycles. The molecular formula is C38H33O4P. The molecule has 0 bridgehead atoms. The Morgan fingerprint density at radius 3 is 1.51 bits per heavy atom. The van der Waals surface area contributed by atoms with Gasteiger partial charge >= 0.3 is 253 Å². The van der Waals surface area contributed by atoms with Gasteiger partial charge in [0, 0.05) is 0 Å². The third-order valence-electron chi connectivity index (χ3n) is 8.20. The molecule has 43 heavy (non-hydrogen) atoms. The Labute approximate surface area is 253 Å². The molecule has 0 spiro atoms. The van der Waals surface area contributed by atoms with E-state index in [2.05, 4.69) is 91.0 Å². The Bertz CT molecular complexity index is 1670. The van der Waals surface area contributed by atoms with Gasteiger partial charge in [0.15, 0.2) is 0 Å². The standard InChI is InChI=1S/C38H33O4P/c1-41-29-24-22-28(23-25-29)35-36(39)33-20-11-12-21-34(33)37(40)38(35)42-26-13-27-43(30-14-5-2-6-15-30,31-16-7-3-8-17-31)32-18-9-4-10-19-32/h2-12,14-25,43H,13,26-27H2,1H3. The van der Waals surface area contributed by atoms with Gasteiger partial charge in [-0.05, 0) is 0 Å². The Morgan fingerprint density at radius 1 is 0.558 bits per heavy atom. The zero-order valence-electron chi connectivity index (χ0n) is 24.0. The van der Waals surface area contributed by atoms with Gasteiger partial charge in [-0.25, -0.2) is 0 Å². The molecule has 1 aliphatic carbocycles. The van der Waals surface area contributed by atoms with Gasteiger partial charge in [0.25, 0.3) is 0 Å². The normalized spacial score (nSPS) is 13.4. The molecule has 0 saturated carbocycles. The summed E-state index contributed by atoms with van der Waals surface area (Å²) in [7, 11) is -0.857. The van der Waals surface area contributed by atoms with Gasteiger partial charge in [-0.3, -0.25) is 0 Å². The van der Waals surface area contributed by atoms with Crippen LogP contribution in [0, 0.1) is 0 Å². The average molecular weight is 585 g/mol. The van der Waals surface area contributed by atoms with E-state index in [1.54, 1.807) is 55.6 Å². The fourth-order valence-corrected chi connectivity index (χ4v) is 10.9. The molecule has 0 radical (unpaired) electrons. The second kappa shape index (κ2) is 12.6. The van der Waals surface area contributed by atoms with Crippen molar-refractivity contribution in [3.63, 3.8) is 0 Å². The summed E-state index contributed by atoms with van der Waals surface area (Å²) in [5.74, 6) is 0.307. The first-order chi connectivity index (χ1) is 21.1. The van der Waals surface area contributed by atoms with E-state index in [0.29, 0.717) is 41.0 Å². The summed E-state index contributed by atoms with van der Waals surface area (Å²) >= 11 is 0. The van der Waals surface area contributed by atoms with Crippen molar-refractivity contribution in [1.82, 2.24) is 0 Å². The predicted molar refractivity (Wildman–Crippen MR) is 177 cm³/mol. The first-order valence-electron chi connectivity index (χ1n) is 14.5. The van der Waals surface area contributed by atoms with Gasteiger partial charge in [-0.1, -0.05) is 0 Å². The van der Waals surface area contributed by atoms with Gasteiger partial charge in [-0.15, -0.1) is 0 Å². The number of hydrogen-bond acceptors (Lipinski definition) is 4. The van der Waals surface area contributed by atoms with Crippen LogP contribution in [-0.2, 0) is 4.74 Å². The van der Waals surface area contributed by atoms with Crippen LogP contribution >= 0.6 is 7.26 Å². The second-order valence-corrected chi connectivity index (χ2v) is 14.6. The number of allylic oxidation sites excluding steroid dienone is 2. The quantitative estimate of drug-likeness (QED) is 0.137. The van der Waals surface area contributed by atoms with Crippen LogP contribution in [0.5, 0.6) is 5.75 Å². The van der Waals surface area contributed by atoms with Crippen LogP contribution in [-0.4, -0.2) is 31.4 Å². The topological polar surface area (TPSA) is 52.6 Å². The molecule has 0 aromatic heterocycles. The number of benzene rings is 5. The fraction of sp³-hybridized carbons (Fsp3) is 0.105. The number of carbonyl (C=O) groups excluding carboxylic acids is 2. The van der Waals surface area contributed by atoms with Crippen LogP contribution in [0.3, 0.4) is 0 Å². The zero-order chi connectivity index (χ0) is 29.6. The van der Waals surface area contributed by atoms with Crippen LogP contribution < -0.4 is 20.7 Å². The van der Waals surface area contributed by atoms with Crippen LogP contribution in [0.25, 0.3) is 5.57 Å². The van der Waals surface area contributed by atoms with Crippen molar-refractivity contribution in [3.05, 3.63) is 162 Å². The fourth-order valence-electron chi connectivity index (χ4n) is 6.12. The average Bonchev–Trinajstić information content (AvgIpc) is 3.08. The van der Waals surface area contributed by atoms with Crippen molar-refractivity contribution in [2.75, 3.05) is 19.9 Å². The molecule has 0 unspecified atom stereocenters. The van der Waals surface area contributed by atoms with E-state index in [9.17, 15) is 9.59 Å². The van der Waals surface area contributed by atoms with Gasteiger partial charge in [0.2, 0.25) is 0 Å². The van der Waals surface area contributed by atoms with Crippen LogP contribution in [0.15, 0.2) is 145 Å². The van der Waals surface area contributed by atoms with Crippen LogP contribution in [0.1, 0.15) is 32.7 Å². The number of ketones is 2. The van der Waals surface area contributed by atoms with Gasteiger partial charge in [0.05, 0.1) is 0 Å². The molecule has 0 amide bonds. The van der Waals surface area contributed by atoms with E-state index >= 15 is 0 Å². The molecule has 6 rings (SSSR count). The SMILES string of the molecule is COc1ccc(C2=C(OCCC[PH](c3ccccc3)(c3ccccc3)c3ccccc3)C(=O)c3ccccc3C2=O)cc1. The predicted octanol–water partition coefficient (Wildman–Crippen LogP) is 6.62. The number of carbonyl (C=O) groups is 2. The summed E-state index contributed by atoms with van der Waals surface area (Å²) in [5.41, 5.74) is 1.70. The van der Waals surface area contributed by atoms with E-state index in [1.165, 1.54) is 15.9 Å². The summed E-state index contributed by atoms with van der Waals surface area (Å²) in [4.78, 5) is 27.5. The Morgan fingerprint density at radius 2 is 1.02 bits per heavy atom. The van der Waals surface area contributed by atoms with Gasteiger partial charge in [0.1, 0.15) is 0 Å². The summed E-state index contributed by atoms with van der Waals surface area (Å²) in [6.07, 6.45) is 1.57. The summed E-state index contributed by atoms with van der Waals surface area (Å²) in [6.45, 7) is 0.303. The number of rotatable bonds is 10. The van der Waals surface area contributed by atoms with Crippen molar-refractivity contribution < 1.29 is 19.1 Å². The Hall–Kier alpha value is -4.79. The number of hydrogen-bond donors (Lipinski definition) is 0. The van der Waals surface area contributed by atoms with E-state index in [-0.39, 0.29) is 17.3 Å². The first-order valence-corrected chi connectivity index (χ1v) is 16.7. The third kappa shape index (κ3) is 5.43. The summed E-state index contributed by atoms with van der Waals surface area (Å²) < 4.78 is 11.7. The minimum absolute atomic E-state index is 0.111. The maximum absolute atomic E-state index is 13.8. The Balaban J connectivity index is 1.36. The van der Waals surface area contributed by atoms with Crippen molar-refractivity contribution in [1.29, 1.82) is 0 Å². The second-order valence-electron chi connectivity index (χ2n) is 10.6. The van der Waals surface area contributed by atoms with Crippen LogP contribution in [0.4, 0.5) is 0 Å². The molecule has 0 fully saturated rings. The van der Waals surface area contributed by atoms with E-state index in [1.807, 2.05) is 0 Å². The molecule has 0 aliphatic heterocycles. The van der Waals surface area contributed by atoms with E-state index in [0.717, 1.165) is 6.16 Å². The third-order valence-corrected chi connectivity index (χ3v) is 13.3. The molecule has 1 aliphatic rings. The van der Waals surface area contributed by atoms with Gasteiger partial charge in [-0.2, -0.15) is 0 Å². The Kier molecular flexibility index (Phi) is 8.31. The van der Waals surface area contributed by atoms with E-state index in [4.69, 9.17) is 9.47 Å². The molecule has 214 valence electrons. The van der Waals surface area contributed by atoms with Crippen molar-refractivity contribution in [2.45, 2.75) is 6.42 Å². The molecule has 5 heteroatoms. The maximum atomic E-state index is 13.8. The van der Waals surface area contributed by atoms with Crippen molar-refractivity contribution >= 4 is 40.3 Å². The number of Topliss-reactive ketones (excluding diaryl/α,β-unsaturated/α-hetero) is 2. The minimum atomic E-state index is -2.45. The number of methoxy groups -OCH3 is 1. The molecule has 0 saturated heterocycles. The van der Waals surface area contributed by atoms with Gasteiger partial charge < -0.3 is 0 Å². The molecule has 0 N–H and O–H groups in total. The van der Waals surface area contributed by atoms with E-state index < -0.39 is 7.26 Å². The monoisotopic (exact) mass is 584 g/mol. The summed E-state index contributed by atoms with van der Waals surface area (Å²) in [5, 5.41) is 3.97.